The molecule has 11 atom stereocenters. The molecule has 5 aliphatic carbocycles. The van der Waals surface area contributed by atoms with Crippen molar-refractivity contribution in [1.82, 2.24) is 0 Å². The van der Waals surface area contributed by atoms with Crippen molar-refractivity contribution in [3.05, 3.63) is 11.6 Å². The van der Waals surface area contributed by atoms with Gasteiger partial charge in [-0.05, 0) is 97.7 Å². The van der Waals surface area contributed by atoms with Crippen molar-refractivity contribution in [2.45, 2.75) is 105 Å². The van der Waals surface area contributed by atoms with Crippen molar-refractivity contribution in [2.75, 3.05) is 6.61 Å². The average Bonchev–Trinajstić information content (AvgIpc) is 3.16. The van der Waals surface area contributed by atoms with E-state index in [2.05, 4.69) is 40.7 Å². The lowest BCUT2D eigenvalue weighted by Gasteiger charge is -2.69. The number of hydrogen-bond donors (Lipinski definition) is 4. The van der Waals surface area contributed by atoms with E-state index in [1.165, 1.54) is 19.3 Å². The zero-order valence-corrected chi connectivity index (χ0v) is 22.7. The lowest BCUT2D eigenvalue weighted by Crippen LogP contribution is -2.68. The van der Waals surface area contributed by atoms with Gasteiger partial charge in [-0.15, -0.1) is 0 Å². The summed E-state index contributed by atoms with van der Waals surface area (Å²) in [4.78, 5) is 12.5. The Balaban J connectivity index is 1.62. The van der Waals surface area contributed by atoms with Crippen LogP contribution in [0, 0.1) is 56.7 Å². The minimum absolute atomic E-state index is 0.00529. The second-order valence-corrected chi connectivity index (χ2v) is 14.4. The molecule has 35 heavy (non-hydrogen) atoms. The Hall–Kier alpha value is -0.910. The van der Waals surface area contributed by atoms with Crippen molar-refractivity contribution in [3.8, 4) is 0 Å². The first-order valence-electron chi connectivity index (χ1n) is 14.2. The molecule has 0 spiro atoms. The van der Waals surface area contributed by atoms with Crippen molar-refractivity contribution >= 4 is 5.97 Å². The van der Waals surface area contributed by atoms with E-state index in [1.54, 1.807) is 6.92 Å². The second-order valence-electron chi connectivity index (χ2n) is 14.4. The highest BCUT2D eigenvalue weighted by molar-refractivity contribution is 5.76. The predicted molar refractivity (Wildman–Crippen MR) is 135 cm³/mol. The van der Waals surface area contributed by atoms with E-state index >= 15 is 0 Å². The van der Waals surface area contributed by atoms with Crippen molar-refractivity contribution in [3.63, 3.8) is 0 Å². The summed E-state index contributed by atoms with van der Waals surface area (Å²) in [6, 6.07) is 0. The number of fused-ring (bicyclic) bond motifs is 7. The highest BCUT2D eigenvalue weighted by Crippen LogP contribution is 2.76. The van der Waals surface area contributed by atoms with Gasteiger partial charge in [0.05, 0.1) is 24.2 Å². The van der Waals surface area contributed by atoms with Crippen LogP contribution in [0.3, 0.4) is 0 Å². The number of carbonyl (C=O) groups is 1. The molecule has 0 radical (unpaired) electrons. The van der Waals surface area contributed by atoms with E-state index in [-0.39, 0.29) is 29.8 Å². The first-order chi connectivity index (χ1) is 16.2. The third-order valence-corrected chi connectivity index (χ3v) is 13.4. The summed E-state index contributed by atoms with van der Waals surface area (Å²) in [6.07, 6.45) is 7.61. The van der Waals surface area contributed by atoms with Gasteiger partial charge in [-0.1, -0.05) is 46.3 Å². The number of rotatable bonds is 3. The summed E-state index contributed by atoms with van der Waals surface area (Å²) in [5.41, 5.74) is -0.708. The van der Waals surface area contributed by atoms with E-state index < -0.39 is 34.9 Å². The Bertz CT molecular complexity index is 928. The molecule has 5 nitrogen and oxygen atoms in total. The number of allylic oxidation sites excluding steroid dienone is 1. The smallest absolute Gasteiger partial charge is 0.312 e. The summed E-state index contributed by atoms with van der Waals surface area (Å²) in [6.45, 7) is 13.7. The standard InChI is InChI=1S/C30H48O5/c1-17(2)18-7-9-21-26(18,3)13-14-27(4)19-8-10-22-29(6,25(34)35)23(32)15-24(33)30(22,16-31)20(19)11-12-28(21,27)5/h11,17-19,21-24,31-33H,7-10,12-16H2,1-6H3,(H,34,35)/t18-,19+,21-,22+,23+,24-,26-,27-,28+,29+,30-/m1/s1. The summed E-state index contributed by atoms with van der Waals surface area (Å²) in [5, 5.41) is 43.5. The number of aliphatic hydroxyl groups excluding tert-OH is 3. The van der Waals surface area contributed by atoms with Crippen LogP contribution in [0.2, 0.25) is 0 Å². The molecule has 5 rings (SSSR count). The van der Waals surface area contributed by atoms with Gasteiger partial charge in [0, 0.05) is 11.8 Å². The SMILES string of the molecule is CC(C)[C@H]1CC[C@@H]2[C@]1(C)CC[C@]1(C)[C@H]3CC[C@H]4[C@](C)(C(=O)O)[C@@H](O)C[C@@H](O)[C@]4(CO)C3=CC[C@@]21C. The molecule has 0 heterocycles. The van der Waals surface area contributed by atoms with Crippen LogP contribution in [0.25, 0.3) is 0 Å². The monoisotopic (exact) mass is 488 g/mol. The highest BCUT2D eigenvalue weighted by Gasteiger charge is 2.71. The number of hydrogen-bond acceptors (Lipinski definition) is 4. The number of carboxylic acid groups (broad SMARTS) is 1. The van der Waals surface area contributed by atoms with Crippen molar-refractivity contribution in [2.24, 2.45) is 56.7 Å². The molecule has 0 aromatic rings. The quantitative estimate of drug-likeness (QED) is 0.418. The Labute approximate surface area is 211 Å². The van der Waals surface area contributed by atoms with Gasteiger partial charge in [0.25, 0.3) is 0 Å². The van der Waals surface area contributed by atoms with Gasteiger partial charge in [-0.25, -0.2) is 0 Å². The van der Waals surface area contributed by atoms with Crippen LogP contribution in [0.4, 0.5) is 0 Å². The van der Waals surface area contributed by atoms with E-state index in [9.17, 15) is 25.2 Å². The molecule has 0 aromatic heterocycles. The summed E-state index contributed by atoms with van der Waals surface area (Å²) in [7, 11) is 0. The molecular formula is C30H48O5. The van der Waals surface area contributed by atoms with Crippen LogP contribution in [0.15, 0.2) is 11.6 Å². The zero-order valence-electron chi connectivity index (χ0n) is 22.7. The zero-order chi connectivity index (χ0) is 25.8. The number of aliphatic carboxylic acids is 1. The summed E-state index contributed by atoms with van der Waals surface area (Å²) in [5.74, 6) is 0.830. The van der Waals surface area contributed by atoms with Gasteiger partial charge < -0.3 is 20.4 Å². The largest absolute Gasteiger partial charge is 0.481 e. The van der Waals surface area contributed by atoms with Crippen LogP contribution in [-0.2, 0) is 4.79 Å². The van der Waals surface area contributed by atoms with Gasteiger partial charge in [0.1, 0.15) is 0 Å². The molecule has 0 saturated heterocycles. The Morgan fingerprint density at radius 2 is 1.63 bits per heavy atom. The van der Waals surface area contributed by atoms with Gasteiger partial charge in [0.2, 0.25) is 0 Å². The fraction of sp³-hybridized carbons (Fsp3) is 0.900. The lowest BCUT2D eigenvalue weighted by atomic mass is 9.35. The predicted octanol–water partition coefficient (Wildman–Crippen LogP) is 5.03. The average molecular weight is 489 g/mol. The van der Waals surface area contributed by atoms with Crippen LogP contribution < -0.4 is 0 Å². The molecule has 4 saturated carbocycles. The fourth-order valence-corrected chi connectivity index (χ4v) is 11.3. The molecule has 0 bridgehead atoms. The molecular weight excluding hydrogens is 440 g/mol. The maximum Gasteiger partial charge on any atom is 0.312 e. The highest BCUT2D eigenvalue weighted by atomic mass is 16.4. The van der Waals surface area contributed by atoms with Crippen molar-refractivity contribution < 1.29 is 25.2 Å². The summed E-state index contributed by atoms with van der Waals surface area (Å²) < 4.78 is 0. The van der Waals surface area contributed by atoms with Crippen LogP contribution >= 0.6 is 0 Å². The minimum atomic E-state index is -1.38. The van der Waals surface area contributed by atoms with E-state index in [0.717, 1.165) is 30.8 Å². The van der Waals surface area contributed by atoms with Crippen LogP contribution in [0.5, 0.6) is 0 Å². The number of aliphatic hydroxyl groups is 3. The number of carboxylic acids is 1. The minimum Gasteiger partial charge on any atom is -0.481 e. The molecule has 5 heteroatoms. The fourth-order valence-electron chi connectivity index (χ4n) is 11.3. The lowest BCUT2D eigenvalue weighted by molar-refractivity contribution is -0.216. The van der Waals surface area contributed by atoms with E-state index in [4.69, 9.17) is 0 Å². The molecule has 5 aliphatic rings. The van der Waals surface area contributed by atoms with Gasteiger partial charge >= 0.3 is 5.97 Å². The Morgan fingerprint density at radius 1 is 0.971 bits per heavy atom. The maximum absolute atomic E-state index is 12.5. The third kappa shape index (κ3) is 2.84. The maximum atomic E-state index is 12.5. The van der Waals surface area contributed by atoms with Gasteiger partial charge in [-0.3, -0.25) is 4.79 Å². The first-order valence-corrected chi connectivity index (χ1v) is 14.2. The molecule has 4 fully saturated rings. The molecule has 0 amide bonds. The third-order valence-electron chi connectivity index (χ3n) is 13.4. The Kier molecular flexibility index (Phi) is 5.73. The normalized spacial score (nSPS) is 55.4. The van der Waals surface area contributed by atoms with E-state index in [0.29, 0.717) is 23.7 Å². The summed E-state index contributed by atoms with van der Waals surface area (Å²) >= 11 is 0. The molecule has 198 valence electrons. The second kappa shape index (κ2) is 7.80. The van der Waals surface area contributed by atoms with E-state index in [1.807, 2.05) is 0 Å². The van der Waals surface area contributed by atoms with Gasteiger partial charge in [0.15, 0.2) is 0 Å². The van der Waals surface area contributed by atoms with Crippen LogP contribution in [-0.4, -0.2) is 45.2 Å². The topological polar surface area (TPSA) is 98.0 Å². The van der Waals surface area contributed by atoms with Crippen molar-refractivity contribution in [1.29, 1.82) is 0 Å². The Morgan fingerprint density at radius 3 is 2.23 bits per heavy atom. The first kappa shape index (κ1) is 25.7. The van der Waals surface area contributed by atoms with Gasteiger partial charge in [-0.2, -0.15) is 0 Å². The molecule has 0 aromatic carbocycles. The van der Waals surface area contributed by atoms with Crippen LogP contribution in [0.1, 0.15) is 92.9 Å². The molecule has 0 unspecified atom stereocenters. The molecule has 0 aliphatic heterocycles. The molecule has 4 N–H and O–H groups in total.